The van der Waals surface area contributed by atoms with Gasteiger partial charge in [-0.1, -0.05) is 54.6 Å². The summed E-state index contributed by atoms with van der Waals surface area (Å²) in [6.07, 6.45) is 4.50. The Bertz CT molecular complexity index is 1070. The summed E-state index contributed by atoms with van der Waals surface area (Å²) in [7, 11) is 0. The first kappa shape index (κ1) is 20.9. The van der Waals surface area contributed by atoms with Gasteiger partial charge in [0.1, 0.15) is 5.75 Å². The zero-order valence-corrected chi connectivity index (χ0v) is 17.8. The highest BCUT2D eigenvalue weighted by Crippen LogP contribution is 2.23. The number of fused-ring (bicyclic) bond motifs is 1. The second-order valence-electron chi connectivity index (χ2n) is 8.00. The molecule has 158 valence electrons. The summed E-state index contributed by atoms with van der Waals surface area (Å²) in [5.74, 6) is 0.0981. The van der Waals surface area contributed by atoms with Crippen LogP contribution in [0.5, 0.6) is 5.75 Å². The summed E-state index contributed by atoms with van der Waals surface area (Å²) in [5, 5.41) is 3.00. The Morgan fingerprint density at radius 3 is 2.42 bits per heavy atom. The van der Waals surface area contributed by atoms with E-state index in [1.807, 2.05) is 49.4 Å². The predicted molar refractivity (Wildman–Crippen MR) is 122 cm³/mol. The van der Waals surface area contributed by atoms with Crippen LogP contribution in [-0.2, 0) is 12.8 Å². The Morgan fingerprint density at radius 2 is 1.61 bits per heavy atom. The fourth-order valence-corrected chi connectivity index (χ4v) is 4.01. The van der Waals surface area contributed by atoms with Crippen molar-refractivity contribution < 1.29 is 14.3 Å². The van der Waals surface area contributed by atoms with Gasteiger partial charge >= 0.3 is 0 Å². The number of nitrogens with one attached hydrogen (secondary N) is 1. The molecule has 0 saturated carbocycles. The third kappa shape index (κ3) is 5.02. The van der Waals surface area contributed by atoms with Crippen molar-refractivity contribution in [1.82, 2.24) is 5.32 Å². The van der Waals surface area contributed by atoms with Crippen molar-refractivity contribution in [1.29, 1.82) is 0 Å². The number of hydrogen-bond donors (Lipinski definition) is 1. The summed E-state index contributed by atoms with van der Waals surface area (Å²) in [6, 6.07) is 22.6. The number of aryl methyl sites for hydroxylation is 2. The zero-order chi connectivity index (χ0) is 21.6. The zero-order valence-electron chi connectivity index (χ0n) is 17.8. The molecule has 0 aromatic heterocycles. The molecule has 0 spiro atoms. The molecule has 1 N–H and O–H groups in total. The molecule has 1 atom stereocenters. The summed E-state index contributed by atoms with van der Waals surface area (Å²) in [5.41, 5.74) is 4.73. The fourth-order valence-electron chi connectivity index (χ4n) is 4.01. The van der Waals surface area contributed by atoms with E-state index in [1.54, 1.807) is 24.3 Å². The van der Waals surface area contributed by atoms with E-state index >= 15 is 0 Å². The van der Waals surface area contributed by atoms with Crippen LogP contribution in [0.3, 0.4) is 0 Å². The van der Waals surface area contributed by atoms with E-state index in [2.05, 4.69) is 11.4 Å². The van der Waals surface area contributed by atoms with E-state index in [0.29, 0.717) is 16.9 Å². The minimum atomic E-state index is -0.229. The standard InChI is InChI=1S/C27H27NO3/c1-19(20-9-3-2-4-10-20)28-27(30)24-13-7-8-14-26(24)31-18-25(29)23-16-15-21-11-5-6-12-22(21)17-23/h2-4,7-10,13-17,19H,5-6,11-12,18H2,1H3,(H,28,30). The van der Waals surface area contributed by atoms with E-state index in [0.717, 1.165) is 18.4 Å². The molecule has 1 aliphatic carbocycles. The molecule has 3 aromatic rings. The number of rotatable bonds is 7. The molecule has 1 aliphatic rings. The van der Waals surface area contributed by atoms with E-state index in [-0.39, 0.29) is 24.3 Å². The summed E-state index contributed by atoms with van der Waals surface area (Å²) in [6.45, 7) is 1.84. The number of ether oxygens (including phenoxy) is 1. The quantitative estimate of drug-likeness (QED) is 0.534. The molecular weight excluding hydrogens is 386 g/mol. The summed E-state index contributed by atoms with van der Waals surface area (Å²) >= 11 is 0. The van der Waals surface area contributed by atoms with Crippen LogP contribution in [0.1, 0.15) is 63.2 Å². The van der Waals surface area contributed by atoms with Crippen molar-refractivity contribution in [3.8, 4) is 5.75 Å². The highest BCUT2D eigenvalue weighted by molar-refractivity contribution is 5.99. The Morgan fingerprint density at radius 1 is 0.903 bits per heavy atom. The van der Waals surface area contributed by atoms with Crippen LogP contribution >= 0.6 is 0 Å². The Labute approximate surface area is 183 Å². The van der Waals surface area contributed by atoms with Crippen LogP contribution < -0.4 is 10.1 Å². The first-order valence-electron chi connectivity index (χ1n) is 10.8. The lowest BCUT2D eigenvalue weighted by Gasteiger charge is -2.17. The van der Waals surface area contributed by atoms with Crippen LogP contribution in [0, 0.1) is 0 Å². The van der Waals surface area contributed by atoms with Crippen LogP contribution in [0.4, 0.5) is 0 Å². The lowest BCUT2D eigenvalue weighted by Crippen LogP contribution is -2.27. The van der Waals surface area contributed by atoms with Gasteiger partial charge in [0.25, 0.3) is 5.91 Å². The van der Waals surface area contributed by atoms with Gasteiger partial charge in [-0.25, -0.2) is 0 Å². The first-order valence-corrected chi connectivity index (χ1v) is 10.8. The van der Waals surface area contributed by atoms with Crippen molar-refractivity contribution in [3.05, 3.63) is 101 Å². The number of benzene rings is 3. The van der Waals surface area contributed by atoms with E-state index in [9.17, 15) is 9.59 Å². The minimum absolute atomic E-state index is 0.0822. The van der Waals surface area contributed by atoms with Gasteiger partial charge in [0.05, 0.1) is 11.6 Å². The van der Waals surface area contributed by atoms with Crippen molar-refractivity contribution in [2.24, 2.45) is 0 Å². The van der Waals surface area contributed by atoms with E-state index in [1.165, 1.54) is 24.0 Å². The highest BCUT2D eigenvalue weighted by Gasteiger charge is 2.17. The van der Waals surface area contributed by atoms with Gasteiger partial charge in [0, 0.05) is 5.56 Å². The molecule has 0 heterocycles. The maximum atomic E-state index is 12.8. The molecule has 31 heavy (non-hydrogen) atoms. The average molecular weight is 414 g/mol. The van der Waals surface area contributed by atoms with Gasteiger partial charge in [0.2, 0.25) is 0 Å². The van der Waals surface area contributed by atoms with Crippen LogP contribution in [0.25, 0.3) is 0 Å². The largest absolute Gasteiger partial charge is 0.485 e. The Hall–Kier alpha value is -3.40. The number of carbonyl (C=O) groups excluding carboxylic acids is 2. The van der Waals surface area contributed by atoms with Crippen molar-refractivity contribution >= 4 is 11.7 Å². The molecule has 3 aromatic carbocycles. The lowest BCUT2D eigenvalue weighted by atomic mass is 9.90. The van der Waals surface area contributed by atoms with Crippen molar-refractivity contribution in [2.75, 3.05) is 6.61 Å². The normalized spacial score (nSPS) is 13.7. The molecule has 1 amide bonds. The summed E-state index contributed by atoms with van der Waals surface area (Å²) in [4.78, 5) is 25.6. The van der Waals surface area contributed by atoms with Gasteiger partial charge in [-0.05, 0) is 67.5 Å². The predicted octanol–water partition coefficient (Wildman–Crippen LogP) is 5.32. The van der Waals surface area contributed by atoms with Gasteiger partial charge in [-0.3, -0.25) is 9.59 Å². The Balaban J connectivity index is 1.42. The first-order chi connectivity index (χ1) is 15.1. The molecular formula is C27H27NO3. The van der Waals surface area contributed by atoms with Crippen LogP contribution in [0.2, 0.25) is 0 Å². The van der Waals surface area contributed by atoms with Crippen molar-refractivity contribution in [2.45, 2.75) is 38.6 Å². The number of para-hydroxylation sites is 1. The van der Waals surface area contributed by atoms with Gasteiger partial charge in [-0.15, -0.1) is 0 Å². The minimum Gasteiger partial charge on any atom is -0.485 e. The molecule has 1 unspecified atom stereocenters. The topological polar surface area (TPSA) is 55.4 Å². The summed E-state index contributed by atoms with van der Waals surface area (Å²) < 4.78 is 5.80. The second kappa shape index (κ2) is 9.61. The third-order valence-electron chi connectivity index (χ3n) is 5.81. The molecule has 4 nitrogen and oxygen atoms in total. The van der Waals surface area contributed by atoms with Gasteiger partial charge < -0.3 is 10.1 Å². The third-order valence-corrected chi connectivity index (χ3v) is 5.81. The molecule has 0 aliphatic heterocycles. The maximum Gasteiger partial charge on any atom is 0.255 e. The van der Waals surface area contributed by atoms with Crippen LogP contribution in [0.15, 0.2) is 72.8 Å². The number of carbonyl (C=O) groups is 2. The molecule has 4 heteroatoms. The number of amides is 1. The average Bonchev–Trinajstić information content (AvgIpc) is 2.82. The van der Waals surface area contributed by atoms with Crippen LogP contribution in [-0.4, -0.2) is 18.3 Å². The van der Waals surface area contributed by atoms with E-state index < -0.39 is 0 Å². The number of hydrogen-bond acceptors (Lipinski definition) is 3. The van der Waals surface area contributed by atoms with Gasteiger partial charge in [0.15, 0.2) is 12.4 Å². The highest BCUT2D eigenvalue weighted by atomic mass is 16.5. The second-order valence-corrected chi connectivity index (χ2v) is 8.00. The number of Topliss-reactive ketones (excluding diaryl/α,β-unsaturated/α-hetero) is 1. The monoisotopic (exact) mass is 413 g/mol. The molecule has 4 rings (SSSR count). The number of ketones is 1. The SMILES string of the molecule is CC(NC(=O)c1ccccc1OCC(=O)c1ccc2c(c1)CCCC2)c1ccccc1. The van der Waals surface area contributed by atoms with E-state index in [4.69, 9.17) is 4.74 Å². The maximum absolute atomic E-state index is 12.8. The van der Waals surface area contributed by atoms with Gasteiger partial charge in [-0.2, -0.15) is 0 Å². The molecule has 0 fully saturated rings. The fraction of sp³-hybridized carbons (Fsp3) is 0.259. The smallest absolute Gasteiger partial charge is 0.255 e. The lowest BCUT2D eigenvalue weighted by molar-refractivity contribution is 0.0899. The van der Waals surface area contributed by atoms with Crippen molar-refractivity contribution in [3.63, 3.8) is 0 Å². The molecule has 0 bridgehead atoms. The molecule has 0 radical (unpaired) electrons. The molecule has 0 saturated heterocycles. The Kier molecular flexibility index (Phi) is 6.46.